The topological polar surface area (TPSA) is 74.3 Å². The van der Waals surface area contributed by atoms with Gasteiger partial charge in [-0.05, 0) is 18.9 Å². The number of benzene rings is 1. The van der Waals surface area contributed by atoms with Gasteiger partial charge >= 0.3 is 11.9 Å². The Morgan fingerprint density at radius 2 is 1.71 bits per heavy atom. The van der Waals surface area contributed by atoms with Crippen LogP contribution in [-0.4, -0.2) is 57.4 Å². The Hall–Kier alpha value is -2.80. The Labute approximate surface area is 164 Å². The Bertz CT molecular complexity index is 760. The number of hydrogen-bond donors (Lipinski definition) is 0. The van der Waals surface area contributed by atoms with Crippen LogP contribution in [0, 0.1) is 0 Å². The lowest BCUT2D eigenvalue weighted by atomic mass is 9.82. The highest BCUT2D eigenvalue weighted by molar-refractivity contribution is 5.98. The number of carbonyl (C=O) groups is 2. The van der Waals surface area contributed by atoms with E-state index in [1.807, 2.05) is 18.2 Å². The number of carbonyl (C=O) groups excluding carboxylic acids is 2. The quantitative estimate of drug-likeness (QED) is 0.694. The van der Waals surface area contributed by atoms with E-state index in [0.29, 0.717) is 29.0 Å². The predicted molar refractivity (Wildman–Crippen MR) is 102 cm³/mol. The zero-order valence-corrected chi connectivity index (χ0v) is 16.3. The van der Waals surface area contributed by atoms with Gasteiger partial charge in [0.15, 0.2) is 0 Å². The zero-order chi connectivity index (χ0) is 20.1. The van der Waals surface area contributed by atoms with Crippen LogP contribution in [0.25, 0.3) is 0 Å². The fourth-order valence-electron chi connectivity index (χ4n) is 3.66. The maximum atomic E-state index is 12.6. The summed E-state index contributed by atoms with van der Waals surface area (Å²) in [6, 6.07) is 7.28. The van der Waals surface area contributed by atoms with E-state index in [-0.39, 0.29) is 6.10 Å². The van der Waals surface area contributed by atoms with Crippen LogP contribution < -0.4 is 4.74 Å². The molecular weight excluding hydrogens is 362 g/mol. The van der Waals surface area contributed by atoms with Crippen LogP contribution in [0.4, 0.5) is 0 Å². The summed E-state index contributed by atoms with van der Waals surface area (Å²) in [5.41, 5.74) is 1.37. The van der Waals surface area contributed by atoms with Crippen molar-refractivity contribution in [2.75, 3.05) is 34.5 Å². The van der Waals surface area contributed by atoms with Gasteiger partial charge in [0, 0.05) is 31.1 Å². The molecule has 1 aromatic rings. The lowest BCUT2D eigenvalue weighted by Crippen LogP contribution is -2.32. The average Bonchev–Trinajstić information content (AvgIpc) is 3.24. The minimum absolute atomic E-state index is 0.0492. The van der Waals surface area contributed by atoms with Crippen molar-refractivity contribution in [2.24, 2.45) is 0 Å². The van der Waals surface area contributed by atoms with Crippen molar-refractivity contribution in [3.63, 3.8) is 0 Å². The summed E-state index contributed by atoms with van der Waals surface area (Å²) in [7, 11) is 4.19. The first-order chi connectivity index (χ1) is 13.6. The average molecular weight is 387 g/mol. The molecule has 1 saturated heterocycles. The molecule has 3 rings (SSSR count). The van der Waals surface area contributed by atoms with E-state index in [1.165, 1.54) is 14.2 Å². The highest BCUT2D eigenvalue weighted by atomic mass is 16.5. The Balaban J connectivity index is 2.07. The van der Waals surface area contributed by atoms with Gasteiger partial charge in [-0.2, -0.15) is 0 Å². The van der Waals surface area contributed by atoms with Crippen LogP contribution in [-0.2, 0) is 23.8 Å². The van der Waals surface area contributed by atoms with E-state index >= 15 is 0 Å². The summed E-state index contributed by atoms with van der Waals surface area (Å²) in [5.74, 6) is -1.10. The molecule has 7 nitrogen and oxygen atoms in total. The van der Waals surface area contributed by atoms with Gasteiger partial charge in [0.25, 0.3) is 0 Å². The van der Waals surface area contributed by atoms with E-state index < -0.39 is 17.9 Å². The number of hydrogen-bond acceptors (Lipinski definition) is 7. The lowest BCUT2D eigenvalue weighted by molar-refractivity contribution is -0.137. The minimum atomic E-state index is -0.656. The molecule has 0 radical (unpaired) electrons. The van der Waals surface area contributed by atoms with Crippen molar-refractivity contribution < 1.29 is 28.5 Å². The largest absolute Gasteiger partial charge is 0.496 e. The molecule has 2 aliphatic heterocycles. The second-order valence-corrected chi connectivity index (χ2v) is 6.66. The molecule has 0 aliphatic carbocycles. The molecule has 1 atom stereocenters. The van der Waals surface area contributed by atoms with Gasteiger partial charge in [0.1, 0.15) is 5.75 Å². The second-order valence-electron chi connectivity index (χ2n) is 6.66. The van der Waals surface area contributed by atoms with Crippen molar-refractivity contribution in [3.8, 4) is 5.75 Å². The van der Waals surface area contributed by atoms with Crippen LogP contribution in [0.2, 0.25) is 0 Å². The maximum Gasteiger partial charge on any atom is 0.336 e. The molecule has 7 heteroatoms. The van der Waals surface area contributed by atoms with Crippen molar-refractivity contribution >= 4 is 11.9 Å². The van der Waals surface area contributed by atoms with Gasteiger partial charge in [-0.3, -0.25) is 0 Å². The summed E-state index contributed by atoms with van der Waals surface area (Å²) in [5, 5.41) is 0. The van der Waals surface area contributed by atoms with Gasteiger partial charge in [0.2, 0.25) is 0 Å². The van der Waals surface area contributed by atoms with Crippen LogP contribution >= 0.6 is 0 Å². The monoisotopic (exact) mass is 387 g/mol. The van der Waals surface area contributed by atoms with E-state index in [1.54, 1.807) is 30.5 Å². The number of methoxy groups -OCH3 is 3. The minimum Gasteiger partial charge on any atom is -0.496 e. The predicted octanol–water partition coefficient (Wildman–Crippen LogP) is 2.39. The lowest BCUT2D eigenvalue weighted by Gasteiger charge is -2.31. The van der Waals surface area contributed by atoms with Gasteiger partial charge in [0.05, 0.1) is 44.5 Å². The number of para-hydroxylation sites is 1. The maximum absolute atomic E-state index is 12.6. The normalized spacial score (nSPS) is 19.7. The van der Waals surface area contributed by atoms with Crippen molar-refractivity contribution in [1.82, 2.24) is 4.90 Å². The van der Waals surface area contributed by atoms with Crippen molar-refractivity contribution in [1.29, 1.82) is 0 Å². The second kappa shape index (κ2) is 8.93. The first kappa shape index (κ1) is 19.9. The molecule has 28 heavy (non-hydrogen) atoms. The molecule has 1 fully saturated rings. The van der Waals surface area contributed by atoms with E-state index in [0.717, 1.165) is 19.4 Å². The summed E-state index contributed by atoms with van der Waals surface area (Å²) in [6.07, 6.45) is 5.43. The number of nitrogens with zero attached hydrogens (tertiary/aromatic N) is 1. The fraction of sp³-hybridized carbons (Fsp3) is 0.429. The van der Waals surface area contributed by atoms with E-state index in [9.17, 15) is 9.59 Å². The van der Waals surface area contributed by atoms with Gasteiger partial charge < -0.3 is 23.8 Å². The SMILES string of the molecule is COC(=O)C1=CN(C[C@@H]2CCCO2)C=C(C(=O)OC)C1c1ccccc1OC. The molecule has 1 aromatic carbocycles. The van der Waals surface area contributed by atoms with Crippen molar-refractivity contribution in [3.05, 3.63) is 53.4 Å². The Morgan fingerprint density at radius 3 is 2.25 bits per heavy atom. The molecule has 150 valence electrons. The highest BCUT2D eigenvalue weighted by Gasteiger charge is 2.37. The van der Waals surface area contributed by atoms with E-state index in [4.69, 9.17) is 18.9 Å². The Kier molecular flexibility index (Phi) is 6.36. The molecule has 2 heterocycles. The highest BCUT2D eigenvalue weighted by Crippen LogP contribution is 2.41. The third kappa shape index (κ3) is 4.04. The molecule has 0 bridgehead atoms. The molecule has 2 aliphatic rings. The fourth-order valence-corrected chi connectivity index (χ4v) is 3.66. The summed E-state index contributed by atoms with van der Waals surface area (Å²) < 4.78 is 21.2. The van der Waals surface area contributed by atoms with Crippen LogP contribution in [0.1, 0.15) is 24.3 Å². The van der Waals surface area contributed by atoms with Gasteiger partial charge in [-0.25, -0.2) is 9.59 Å². The smallest absolute Gasteiger partial charge is 0.336 e. The van der Waals surface area contributed by atoms with Crippen LogP contribution in [0.5, 0.6) is 5.75 Å². The molecule has 0 spiro atoms. The summed E-state index contributed by atoms with van der Waals surface area (Å²) >= 11 is 0. The molecular formula is C21H25NO6. The van der Waals surface area contributed by atoms with E-state index in [2.05, 4.69) is 0 Å². The van der Waals surface area contributed by atoms with Crippen LogP contribution in [0.15, 0.2) is 47.8 Å². The third-order valence-electron chi connectivity index (χ3n) is 4.96. The van der Waals surface area contributed by atoms with Crippen molar-refractivity contribution in [2.45, 2.75) is 24.9 Å². The van der Waals surface area contributed by atoms with Crippen LogP contribution in [0.3, 0.4) is 0 Å². The molecule has 0 N–H and O–H groups in total. The number of esters is 2. The molecule has 0 amide bonds. The third-order valence-corrected chi connectivity index (χ3v) is 4.96. The number of rotatable bonds is 6. The van der Waals surface area contributed by atoms with Gasteiger partial charge in [-0.15, -0.1) is 0 Å². The molecule has 0 aromatic heterocycles. The first-order valence-corrected chi connectivity index (χ1v) is 9.19. The standard InChI is InChI=1S/C21H25NO6/c1-25-18-9-5-4-8-15(18)19-16(20(23)26-2)12-22(11-14-7-6-10-28-14)13-17(19)21(24)27-3/h4-5,8-9,12-14,19H,6-7,10-11H2,1-3H3/t14-/m0/s1. The molecule has 0 saturated carbocycles. The number of ether oxygens (including phenoxy) is 4. The Morgan fingerprint density at radius 1 is 1.07 bits per heavy atom. The molecule has 0 unspecified atom stereocenters. The summed E-state index contributed by atoms with van der Waals surface area (Å²) in [4.78, 5) is 27.0. The first-order valence-electron chi connectivity index (χ1n) is 9.19. The summed E-state index contributed by atoms with van der Waals surface area (Å²) in [6.45, 7) is 1.27. The zero-order valence-electron chi connectivity index (χ0n) is 16.3. The van der Waals surface area contributed by atoms with Gasteiger partial charge in [-0.1, -0.05) is 18.2 Å².